The number of hydrogen-bond donors (Lipinski definition) is 1. The predicted octanol–water partition coefficient (Wildman–Crippen LogP) is 5.47. The van der Waals surface area contributed by atoms with Gasteiger partial charge in [0, 0.05) is 9.79 Å². The monoisotopic (exact) mass is 363 g/mol. The fourth-order valence-electron chi connectivity index (χ4n) is 2.41. The Labute approximate surface area is 158 Å². The Kier molecular flexibility index (Phi) is 5.97. The summed E-state index contributed by atoms with van der Waals surface area (Å²) < 4.78 is 5.62. The van der Waals surface area contributed by atoms with Crippen molar-refractivity contribution in [3.63, 3.8) is 0 Å². The van der Waals surface area contributed by atoms with E-state index in [1.165, 1.54) is 5.56 Å². The van der Waals surface area contributed by atoms with E-state index in [4.69, 9.17) is 4.74 Å². The number of rotatable bonds is 6. The lowest BCUT2D eigenvalue weighted by atomic mass is 10.1. The summed E-state index contributed by atoms with van der Waals surface area (Å²) in [5.41, 5.74) is 3.14. The maximum Gasteiger partial charge on any atom is 0.262 e. The van der Waals surface area contributed by atoms with Crippen molar-refractivity contribution in [2.75, 3.05) is 11.9 Å². The Morgan fingerprint density at radius 2 is 1.65 bits per heavy atom. The SMILES string of the molecule is Cc1ccc(OCC(=O)Nc2ccccc2Sc2ccccc2)cc1C. The highest BCUT2D eigenvalue weighted by Crippen LogP contribution is 2.33. The molecule has 1 N–H and O–H groups in total. The normalized spacial score (nSPS) is 10.4. The van der Waals surface area contributed by atoms with Crippen LogP contribution < -0.4 is 10.1 Å². The Bertz CT molecular complexity index is 894. The van der Waals surface area contributed by atoms with Crippen molar-refractivity contribution >= 4 is 23.4 Å². The van der Waals surface area contributed by atoms with Crippen LogP contribution >= 0.6 is 11.8 Å². The fraction of sp³-hybridized carbons (Fsp3) is 0.136. The third kappa shape index (κ3) is 4.90. The van der Waals surface area contributed by atoms with E-state index in [-0.39, 0.29) is 12.5 Å². The number of para-hydroxylation sites is 1. The van der Waals surface area contributed by atoms with Gasteiger partial charge in [0.2, 0.25) is 0 Å². The summed E-state index contributed by atoms with van der Waals surface area (Å²) in [5.74, 6) is 0.527. The summed E-state index contributed by atoms with van der Waals surface area (Å²) in [4.78, 5) is 14.4. The molecule has 0 unspecified atom stereocenters. The van der Waals surface area contributed by atoms with Crippen molar-refractivity contribution in [3.8, 4) is 5.75 Å². The molecule has 0 bridgehead atoms. The van der Waals surface area contributed by atoms with Gasteiger partial charge in [0.05, 0.1) is 5.69 Å². The second-order valence-electron chi connectivity index (χ2n) is 5.99. The molecule has 0 saturated heterocycles. The Morgan fingerprint density at radius 3 is 2.42 bits per heavy atom. The number of hydrogen-bond acceptors (Lipinski definition) is 3. The molecule has 26 heavy (non-hydrogen) atoms. The van der Waals surface area contributed by atoms with Crippen LogP contribution in [0.25, 0.3) is 0 Å². The molecule has 0 saturated carbocycles. The second-order valence-corrected chi connectivity index (χ2v) is 7.11. The molecular weight excluding hydrogens is 342 g/mol. The van der Waals surface area contributed by atoms with Crippen molar-refractivity contribution in [1.29, 1.82) is 0 Å². The highest BCUT2D eigenvalue weighted by molar-refractivity contribution is 7.99. The number of aryl methyl sites for hydroxylation is 2. The zero-order valence-electron chi connectivity index (χ0n) is 14.9. The fourth-order valence-corrected chi connectivity index (χ4v) is 3.34. The number of ether oxygens (including phenoxy) is 1. The summed E-state index contributed by atoms with van der Waals surface area (Å²) in [6, 6.07) is 23.7. The maximum absolute atomic E-state index is 12.3. The number of carbonyl (C=O) groups excluding carboxylic acids is 1. The third-order valence-electron chi connectivity index (χ3n) is 3.98. The summed E-state index contributed by atoms with van der Waals surface area (Å²) in [6.07, 6.45) is 0. The number of carbonyl (C=O) groups is 1. The van der Waals surface area contributed by atoms with Gasteiger partial charge in [-0.3, -0.25) is 4.79 Å². The Hall–Kier alpha value is -2.72. The van der Waals surface area contributed by atoms with E-state index in [0.717, 1.165) is 21.0 Å². The maximum atomic E-state index is 12.3. The van der Waals surface area contributed by atoms with Crippen molar-refractivity contribution in [3.05, 3.63) is 83.9 Å². The van der Waals surface area contributed by atoms with E-state index in [1.807, 2.05) is 86.6 Å². The molecule has 3 rings (SSSR count). The lowest BCUT2D eigenvalue weighted by Crippen LogP contribution is -2.20. The molecule has 0 aromatic heterocycles. The van der Waals surface area contributed by atoms with Crippen molar-refractivity contribution in [1.82, 2.24) is 0 Å². The summed E-state index contributed by atoms with van der Waals surface area (Å²) >= 11 is 1.62. The van der Waals surface area contributed by atoms with Gasteiger partial charge >= 0.3 is 0 Å². The summed E-state index contributed by atoms with van der Waals surface area (Å²) in [5, 5.41) is 2.94. The molecule has 0 aliphatic carbocycles. The van der Waals surface area contributed by atoms with Crippen LogP contribution in [0, 0.1) is 13.8 Å². The summed E-state index contributed by atoms with van der Waals surface area (Å²) in [7, 11) is 0. The molecule has 132 valence electrons. The highest BCUT2D eigenvalue weighted by atomic mass is 32.2. The Morgan fingerprint density at radius 1 is 0.923 bits per heavy atom. The molecule has 1 amide bonds. The zero-order valence-corrected chi connectivity index (χ0v) is 15.7. The van der Waals surface area contributed by atoms with E-state index in [0.29, 0.717) is 5.75 Å². The van der Waals surface area contributed by atoms with Gasteiger partial charge in [0.15, 0.2) is 6.61 Å². The molecule has 0 fully saturated rings. The quantitative estimate of drug-likeness (QED) is 0.631. The van der Waals surface area contributed by atoms with E-state index in [2.05, 4.69) is 5.32 Å². The van der Waals surface area contributed by atoms with Gasteiger partial charge in [-0.25, -0.2) is 0 Å². The molecule has 3 aromatic rings. The number of benzene rings is 3. The van der Waals surface area contributed by atoms with Crippen LogP contribution in [0.15, 0.2) is 82.6 Å². The van der Waals surface area contributed by atoms with Crippen LogP contribution in [0.5, 0.6) is 5.75 Å². The number of nitrogens with one attached hydrogen (secondary N) is 1. The van der Waals surface area contributed by atoms with E-state index < -0.39 is 0 Å². The second kappa shape index (κ2) is 8.59. The lowest BCUT2D eigenvalue weighted by molar-refractivity contribution is -0.118. The number of anilines is 1. The molecule has 0 spiro atoms. The van der Waals surface area contributed by atoms with Crippen molar-refractivity contribution in [2.45, 2.75) is 23.6 Å². The van der Waals surface area contributed by atoms with Crippen LogP contribution in [-0.4, -0.2) is 12.5 Å². The van der Waals surface area contributed by atoms with Crippen molar-refractivity contribution in [2.24, 2.45) is 0 Å². The molecular formula is C22H21NO2S. The van der Waals surface area contributed by atoms with Crippen LogP contribution in [0.1, 0.15) is 11.1 Å². The lowest BCUT2D eigenvalue weighted by Gasteiger charge is -2.12. The smallest absolute Gasteiger partial charge is 0.262 e. The van der Waals surface area contributed by atoms with Crippen LogP contribution in [0.4, 0.5) is 5.69 Å². The Balaban J connectivity index is 1.63. The predicted molar refractivity (Wildman–Crippen MR) is 107 cm³/mol. The molecule has 0 aliphatic heterocycles. The van der Waals surface area contributed by atoms with E-state index in [1.54, 1.807) is 11.8 Å². The largest absolute Gasteiger partial charge is 0.484 e. The minimum absolute atomic E-state index is 0.0210. The molecule has 0 atom stereocenters. The third-order valence-corrected chi connectivity index (χ3v) is 5.06. The van der Waals surface area contributed by atoms with Gasteiger partial charge in [-0.2, -0.15) is 0 Å². The zero-order chi connectivity index (χ0) is 18.4. The van der Waals surface area contributed by atoms with Gasteiger partial charge < -0.3 is 10.1 Å². The summed E-state index contributed by atoms with van der Waals surface area (Å²) in [6.45, 7) is 4.05. The van der Waals surface area contributed by atoms with E-state index >= 15 is 0 Å². The highest BCUT2D eigenvalue weighted by Gasteiger charge is 2.09. The first kappa shape index (κ1) is 18.1. The standard InChI is InChI=1S/C22H21NO2S/c1-16-12-13-18(14-17(16)2)25-15-22(24)23-20-10-6-7-11-21(20)26-19-8-4-3-5-9-19/h3-14H,15H2,1-2H3,(H,23,24). The van der Waals surface area contributed by atoms with Gasteiger partial charge in [0.1, 0.15) is 5.75 Å². The van der Waals surface area contributed by atoms with E-state index in [9.17, 15) is 4.79 Å². The molecule has 4 heteroatoms. The molecule has 0 radical (unpaired) electrons. The van der Waals surface area contributed by atoms with Gasteiger partial charge in [-0.05, 0) is 61.4 Å². The number of amides is 1. The molecule has 3 aromatic carbocycles. The molecule has 3 nitrogen and oxygen atoms in total. The van der Waals surface area contributed by atoms with Gasteiger partial charge in [-0.1, -0.05) is 48.2 Å². The average molecular weight is 363 g/mol. The topological polar surface area (TPSA) is 38.3 Å². The minimum Gasteiger partial charge on any atom is -0.484 e. The first-order valence-electron chi connectivity index (χ1n) is 8.43. The van der Waals surface area contributed by atoms with Gasteiger partial charge in [-0.15, -0.1) is 0 Å². The average Bonchev–Trinajstić information content (AvgIpc) is 2.65. The first-order chi connectivity index (χ1) is 12.6. The van der Waals surface area contributed by atoms with Crippen LogP contribution in [0.3, 0.4) is 0 Å². The van der Waals surface area contributed by atoms with Crippen LogP contribution in [-0.2, 0) is 4.79 Å². The minimum atomic E-state index is -0.177. The van der Waals surface area contributed by atoms with Gasteiger partial charge in [0.25, 0.3) is 5.91 Å². The molecule has 0 heterocycles. The first-order valence-corrected chi connectivity index (χ1v) is 9.25. The molecule has 0 aliphatic rings. The van der Waals surface area contributed by atoms with Crippen molar-refractivity contribution < 1.29 is 9.53 Å². The van der Waals surface area contributed by atoms with Crippen LogP contribution in [0.2, 0.25) is 0 Å².